The monoisotopic (exact) mass is 286 g/mol. The number of hydrogen-bond acceptors (Lipinski definition) is 5. The zero-order valence-corrected chi connectivity index (χ0v) is 12.8. The van der Waals surface area contributed by atoms with Gasteiger partial charge in [0.15, 0.2) is 5.82 Å². The molecule has 1 aromatic heterocycles. The average molecular weight is 286 g/mol. The van der Waals surface area contributed by atoms with E-state index in [-0.39, 0.29) is 6.10 Å². The number of nitrogens with zero attached hydrogens (tertiary/aromatic N) is 2. The van der Waals surface area contributed by atoms with Gasteiger partial charge in [-0.2, -0.15) is 4.98 Å². The highest BCUT2D eigenvalue weighted by Gasteiger charge is 2.10. The molecule has 0 fully saturated rings. The van der Waals surface area contributed by atoms with Gasteiger partial charge in [-0.3, -0.25) is 0 Å². The minimum Gasteiger partial charge on any atom is -0.473 e. The minimum atomic E-state index is 0.0296. The summed E-state index contributed by atoms with van der Waals surface area (Å²) < 4.78 is 5.55. The van der Waals surface area contributed by atoms with Crippen LogP contribution in [0.4, 0.5) is 11.5 Å². The van der Waals surface area contributed by atoms with Crippen LogP contribution >= 0.6 is 0 Å². The lowest BCUT2D eigenvalue weighted by atomic mass is 10.1. The fourth-order valence-corrected chi connectivity index (χ4v) is 2.04. The van der Waals surface area contributed by atoms with Gasteiger partial charge in [-0.25, -0.2) is 4.98 Å². The first kappa shape index (κ1) is 15.1. The van der Waals surface area contributed by atoms with Crippen LogP contribution in [-0.4, -0.2) is 22.6 Å². The van der Waals surface area contributed by atoms with Crippen molar-refractivity contribution in [2.45, 2.75) is 33.3 Å². The maximum absolute atomic E-state index is 6.03. The Balaban J connectivity index is 1.99. The largest absolute Gasteiger partial charge is 0.473 e. The average Bonchev–Trinajstić information content (AvgIpc) is 2.44. The molecule has 1 heterocycles. The first-order chi connectivity index (χ1) is 10.1. The van der Waals surface area contributed by atoms with E-state index in [1.807, 2.05) is 19.9 Å². The molecule has 0 aliphatic heterocycles. The van der Waals surface area contributed by atoms with E-state index in [2.05, 4.69) is 40.4 Å². The van der Waals surface area contributed by atoms with Gasteiger partial charge in [-0.1, -0.05) is 24.3 Å². The van der Waals surface area contributed by atoms with E-state index in [1.54, 1.807) is 0 Å². The van der Waals surface area contributed by atoms with E-state index in [0.29, 0.717) is 17.4 Å². The summed E-state index contributed by atoms with van der Waals surface area (Å²) in [5, 5.41) is 3.25. The SMILES string of the molecule is Cc1ccccc1CCNc1ncnc(OC(C)C)c1N. The number of nitrogen functional groups attached to an aromatic ring is 1. The molecule has 3 N–H and O–H groups in total. The van der Waals surface area contributed by atoms with Crippen molar-refractivity contribution in [3.05, 3.63) is 41.7 Å². The Bertz CT molecular complexity index is 599. The topological polar surface area (TPSA) is 73.1 Å². The predicted molar refractivity (Wildman–Crippen MR) is 85.6 cm³/mol. The molecule has 0 aliphatic carbocycles. The van der Waals surface area contributed by atoms with E-state index in [9.17, 15) is 0 Å². The predicted octanol–water partition coefficient (Wildman–Crippen LogP) is 2.81. The summed E-state index contributed by atoms with van der Waals surface area (Å²) in [4.78, 5) is 8.23. The van der Waals surface area contributed by atoms with Gasteiger partial charge in [0.25, 0.3) is 0 Å². The summed E-state index contributed by atoms with van der Waals surface area (Å²) in [6.07, 6.45) is 2.41. The molecule has 21 heavy (non-hydrogen) atoms. The molecular formula is C16H22N4O. The van der Waals surface area contributed by atoms with Gasteiger partial charge in [0.1, 0.15) is 12.0 Å². The van der Waals surface area contributed by atoms with Crippen LogP contribution in [0.1, 0.15) is 25.0 Å². The summed E-state index contributed by atoms with van der Waals surface area (Å²) >= 11 is 0. The quantitative estimate of drug-likeness (QED) is 0.854. The Morgan fingerprint density at radius 1 is 1.24 bits per heavy atom. The zero-order chi connectivity index (χ0) is 15.2. The molecular weight excluding hydrogens is 264 g/mol. The fourth-order valence-electron chi connectivity index (χ4n) is 2.04. The molecule has 0 saturated heterocycles. The number of aromatic nitrogens is 2. The van der Waals surface area contributed by atoms with E-state index in [4.69, 9.17) is 10.5 Å². The number of rotatable bonds is 6. The number of anilines is 2. The van der Waals surface area contributed by atoms with Crippen LogP contribution in [0.3, 0.4) is 0 Å². The standard InChI is InChI=1S/C16H22N4O/c1-11(2)21-16-14(17)15(19-10-20-16)18-9-8-13-7-5-4-6-12(13)3/h4-7,10-11H,8-9,17H2,1-3H3,(H,18,19,20). The molecule has 0 unspecified atom stereocenters. The van der Waals surface area contributed by atoms with Crippen LogP contribution in [0.5, 0.6) is 5.88 Å². The van der Waals surface area contributed by atoms with Crippen LogP contribution in [-0.2, 0) is 6.42 Å². The van der Waals surface area contributed by atoms with Gasteiger partial charge in [-0.05, 0) is 38.3 Å². The zero-order valence-electron chi connectivity index (χ0n) is 12.8. The molecule has 0 aliphatic rings. The molecule has 0 bridgehead atoms. The second kappa shape index (κ2) is 6.92. The normalized spacial score (nSPS) is 10.7. The molecule has 0 atom stereocenters. The van der Waals surface area contributed by atoms with Crippen LogP contribution in [0.2, 0.25) is 0 Å². The lowest BCUT2D eigenvalue weighted by molar-refractivity contribution is 0.234. The van der Waals surface area contributed by atoms with Gasteiger partial charge in [-0.15, -0.1) is 0 Å². The third-order valence-electron chi connectivity index (χ3n) is 3.14. The van der Waals surface area contributed by atoms with Crippen molar-refractivity contribution in [3.63, 3.8) is 0 Å². The number of benzene rings is 1. The third kappa shape index (κ3) is 4.08. The third-order valence-corrected chi connectivity index (χ3v) is 3.14. The van der Waals surface area contributed by atoms with Crippen molar-refractivity contribution in [2.75, 3.05) is 17.6 Å². The van der Waals surface area contributed by atoms with Crippen molar-refractivity contribution < 1.29 is 4.74 Å². The van der Waals surface area contributed by atoms with Gasteiger partial charge in [0, 0.05) is 6.54 Å². The molecule has 0 saturated carbocycles. The summed E-state index contributed by atoms with van der Waals surface area (Å²) in [7, 11) is 0. The number of hydrogen-bond donors (Lipinski definition) is 2. The Kier molecular flexibility index (Phi) is 4.98. The molecule has 0 spiro atoms. The molecule has 2 rings (SSSR count). The van der Waals surface area contributed by atoms with Crippen molar-refractivity contribution in [1.82, 2.24) is 9.97 Å². The Labute approximate surface area is 125 Å². The van der Waals surface area contributed by atoms with E-state index in [0.717, 1.165) is 13.0 Å². The van der Waals surface area contributed by atoms with E-state index in [1.165, 1.54) is 17.5 Å². The van der Waals surface area contributed by atoms with Gasteiger partial charge in [0.2, 0.25) is 5.88 Å². The second-order valence-electron chi connectivity index (χ2n) is 5.21. The smallest absolute Gasteiger partial charge is 0.242 e. The first-order valence-corrected chi connectivity index (χ1v) is 7.13. The van der Waals surface area contributed by atoms with Crippen molar-refractivity contribution >= 4 is 11.5 Å². The highest BCUT2D eigenvalue weighted by Crippen LogP contribution is 2.25. The van der Waals surface area contributed by atoms with Crippen molar-refractivity contribution in [1.29, 1.82) is 0 Å². The molecule has 5 heteroatoms. The Morgan fingerprint density at radius 3 is 2.71 bits per heavy atom. The second-order valence-corrected chi connectivity index (χ2v) is 5.21. The van der Waals surface area contributed by atoms with E-state index >= 15 is 0 Å². The van der Waals surface area contributed by atoms with Gasteiger partial charge in [0.05, 0.1) is 6.10 Å². The summed E-state index contributed by atoms with van der Waals surface area (Å²) in [6, 6.07) is 8.34. The van der Waals surface area contributed by atoms with Crippen LogP contribution in [0.15, 0.2) is 30.6 Å². The summed E-state index contributed by atoms with van der Waals surface area (Å²) in [5.41, 5.74) is 9.09. The lowest BCUT2D eigenvalue weighted by Gasteiger charge is -2.14. The maximum atomic E-state index is 6.03. The van der Waals surface area contributed by atoms with Crippen molar-refractivity contribution in [2.24, 2.45) is 0 Å². The fraction of sp³-hybridized carbons (Fsp3) is 0.375. The minimum absolute atomic E-state index is 0.0296. The summed E-state index contributed by atoms with van der Waals surface area (Å²) in [6.45, 7) is 6.75. The van der Waals surface area contributed by atoms with Gasteiger partial charge < -0.3 is 15.8 Å². The molecule has 5 nitrogen and oxygen atoms in total. The molecule has 1 aromatic carbocycles. The molecule has 2 aromatic rings. The Hall–Kier alpha value is -2.30. The van der Waals surface area contributed by atoms with Crippen molar-refractivity contribution in [3.8, 4) is 5.88 Å². The number of aryl methyl sites for hydroxylation is 1. The maximum Gasteiger partial charge on any atom is 0.242 e. The van der Waals surface area contributed by atoms with Gasteiger partial charge >= 0.3 is 0 Å². The van der Waals surface area contributed by atoms with E-state index < -0.39 is 0 Å². The first-order valence-electron chi connectivity index (χ1n) is 7.13. The molecule has 0 amide bonds. The highest BCUT2D eigenvalue weighted by atomic mass is 16.5. The molecule has 0 radical (unpaired) electrons. The lowest BCUT2D eigenvalue weighted by Crippen LogP contribution is -2.13. The van der Waals surface area contributed by atoms with Crippen LogP contribution in [0.25, 0.3) is 0 Å². The Morgan fingerprint density at radius 2 is 2.00 bits per heavy atom. The highest BCUT2D eigenvalue weighted by molar-refractivity contribution is 5.66. The van der Waals surface area contributed by atoms with Crippen LogP contribution < -0.4 is 15.8 Å². The number of nitrogens with two attached hydrogens (primary N) is 1. The number of ether oxygens (including phenoxy) is 1. The molecule has 112 valence electrons. The summed E-state index contributed by atoms with van der Waals surface area (Å²) in [5.74, 6) is 1.05. The van der Waals surface area contributed by atoms with Crippen LogP contribution in [0, 0.1) is 6.92 Å². The number of nitrogens with one attached hydrogen (secondary N) is 1.